The zero-order valence-corrected chi connectivity index (χ0v) is 5.03. The molecule has 0 saturated heterocycles. The molecule has 0 heterocycles. The Hall–Kier alpha value is -1.38. The van der Waals surface area contributed by atoms with Crippen LogP contribution in [0.5, 0.6) is 0 Å². The normalized spacial score (nSPS) is 5.20. The topological polar surface area (TPSA) is 185 Å². The molecule has 0 aliphatic heterocycles. The molecule has 64 valence electrons. The van der Waals surface area contributed by atoms with E-state index in [0.29, 0.717) is 0 Å². The Labute approximate surface area is 55.9 Å². The predicted octanol–water partition coefficient (Wildman–Crippen LogP) is -0.142. The van der Waals surface area contributed by atoms with Gasteiger partial charge in [0.2, 0.25) is 0 Å². The van der Waals surface area contributed by atoms with Gasteiger partial charge in [-0.1, -0.05) is 0 Å². The summed E-state index contributed by atoms with van der Waals surface area (Å²) in [5.41, 5.74) is 0. The molecule has 0 radical (unpaired) electrons. The molecule has 0 unspecified atom stereocenters. The summed E-state index contributed by atoms with van der Waals surface area (Å²) in [5.74, 6) is 0. The van der Waals surface area contributed by atoms with Gasteiger partial charge in [0.05, 0.1) is 0 Å². The maximum absolute atomic E-state index is 9.21. The van der Waals surface area contributed by atoms with Crippen molar-refractivity contribution in [3.8, 4) is 0 Å². The van der Waals surface area contributed by atoms with Crippen LogP contribution in [-0.4, -0.2) is 28.0 Å². The molecule has 0 aromatic heterocycles. The van der Waals surface area contributed by atoms with E-state index in [1.807, 2.05) is 0 Å². The van der Waals surface area contributed by atoms with Crippen molar-refractivity contribution in [1.29, 1.82) is 0 Å². The quantitative estimate of drug-likeness (QED) is 0.278. The monoisotopic (exact) mass is 158 g/mol. The molecular weight excluding hydrogens is 148 g/mol. The van der Waals surface area contributed by atoms with Crippen LogP contribution in [0.15, 0.2) is 0 Å². The zero-order valence-electron chi connectivity index (χ0n) is 5.03. The van der Waals surface area contributed by atoms with E-state index in [2.05, 4.69) is 4.74 Å². The lowest BCUT2D eigenvalue weighted by Crippen LogP contribution is -2.05. The SMILES string of the molecule is N.N.O.O=C(O)OC(=O)O. The molecule has 0 saturated carbocycles. The number of rotatable bonds is 0. The Morgan fingerprint density at radius 3 is 1.20 bits per heavy atom. The van der Waals surface area contributed by atoms with Crippen LogP contribution in [0.25, 0.3) is 0 Å². The molecule has 8 heteroatoms. The standard InChI is InChI=1S/C2H2O5.2H3N.H2O/c3-1(4)7-2(5)6;;;/h(H,3,4)(H,5,6);2*1H3;1H2. The maximum Gasteiger partial charge on any atom is 0.516 e. The molecule has 0 amide bonds. The molecule has 0 spiro atoms. The van der Waals surface area contributed by atoms with Crippen LogP contribution >= 0.6 is 0 Å². The number of hydrogen-bond acceptors (Lipinski definition) is 5. The third-order valence-electron chi connectivity index (χ3n) is 0.175. The van der Waals surface area contributed by atoms with Gasteiger partial charge in [0.25, 0.3) is 0 Å². The van der Waals surface area contributed by atoms with E-state index in [1.54, 1.807) is 0 Å². The minimum Gasteiger partial charge on any atom is -0.449 e. The van der Waals surface area contributed by atoms with Gasteiger partial charge in [-0.2, -0.15) is 0 Å². The number of ether oxygens (including phenoxy) is 1. The number of hydrogen-bond donors (Lipinski definition) is 4. The Morgan fingerprint density at radius 2 is 1.20 bits per heavy atom. The first-order valence-corrected chi connectivity index (χ1v) is 1.26. The average molecular weight is 158 g/mol. The third-order valence-corrected chi connectivity index (χ3v) is 0.175. The van der Waals surface area contributed by atoms with E-state index in [0.717, 1.165) is 0 Å². The van der Waals surface area contributed by atoms with Crippen LogP contribution in [0.4, 0.5) is 9.59 Å². The van der Waals surface area contributed by atoms with Crippen LogP contribution in [-0.2, 0) is 4.74 Å². The Bertz CT molecular complexity index is 89.9. The first kappa shape index (κ1) is 23.4. The van der Waals surface area contributed by atoms with Crippen LogP contribution in [0.2, 0.25) is 0 Å². The van der Waals surface area contributed by atoms with Gasteiger partial charge in [-0.05, 0) is 0 Å². The summed E-state index contributed by atoms with van der Waals surface area (Å²) in [6.45, 7) is 0. The van der Waals surface area contributed by atoms with E-state index in [-0.39, 0.29) is 17.8 Å². The molecule has 0 atom stereocenters. The van der Waals surface area contributed by atoms with Crippen molar-refractivity contribution in [2.45, 2.75) is 0 Å². The Morgan fingerprint density at radius 1 is 1.00 bits per heavy atom. The van der Waals surface area contributed by atoms with Crippen molar-refractivity contribution in [1.82, 2.24) is 12.3 Å². The highest BCUT2D eigenvalue weighted by molar-refractivity contribution is 5.74. The summed E-state index contributed by atoms with van der Waals surface area (Å²) in [6.07, 6.45) is -3.62. The van der Waals surface area contributed by atoms with Gasteiger partial charge in [-0.15, -0.1) is 0 Å². The fourth-order valence-electron chi connectivity index (χ4n) is 0.0747. The maximum atomic E-state index is 9.21. The van der Waals surface area contributed by atoms with E-state index in [9.17, 15) is 9.59 Å². The number of carbonyl (C=O) groups is 2. The van der Waals surface area contributed by atoms with E-state index in [4.69, 9.17) is 10.2 Å². The first-order chi connectivity index (χ1) is 3.13. The lowest BCUT2D eigenvalue weighted by Gasteiger charge is -1.84. The summed E-state index contributed by atoms with van der Waals surface area (Å²) in [5, 5.41) is 15.0. The van der Waals surface area contributed by atoms with Crippen molar-refractivity contribution in [3.63, 3.8) is 0 Å². The molecule has 10 heavy (non-hydrogen) atoms. The first-order valence-electron chi connectivity index (χ1n) is 1.26. The van der Waals surface area contributed by atoms with Crippen LogP contribution in [0.1, 0.15) is 0 Å². The number of carboxylic acid groups (broad SMARTS) is 2. The second kappa shape index (κ2) is 10.6. The molecular formula is C2H10N2O6. The molecule has 0 rings (SSSR count). The van der Waals surface area contributed by atoms with Crippen molar-refractivity contribution < 1.29 is 30.0 Å². The largest absolute Gasteiger partial charge is 0.516 e. The fourth-order valence-corrected chi connectivity index (χ4v) is 0.0747. The van der Waals surface area contributed by atoms with E-state index in [1.165, 1.54) is 0 Å². The summed E-state index contributed by atoms with van der Waals surface area (Å²) in [7, 11) is 0. The van der Waals surface area contributed by atoms with Crippen LogP contribution in [0, 0.1) is 0 Å². The highest BCUT2D eigenvalue weighted by Crippen LogP contribution is 1.73. The molecule has 0 bridgehead atoms. The molecule has 8 nitrogen and oxygen atoms in total. The minimum absolute atomic E-state index is 0. The fraction of sp³-hybridized carbons (Fsp3) is 0. The molecule has 0 aromatic carbocycles. The highest BCUT2D eigenvalue weighted by Gasteiger charge is 2.01. The van der Waals surface area contributed by atoms with Gasteiger partial charge >= 0.3 is 12.3 Å². The molecule has 0 aliphatic carbocycles. The highest BCUT2D eigenvalue weighted by atomic mass is 16.7. The molecule has 0 aromatic rings. The zero-order chi connectivity index (χ0) is 5.86. The van der Waals surface area contributed by atoms with Crippen molar-refractivity contribution in [2.75, 3.05) is 0 Å². The molecule has 0 fully saturated rings. The van der Waals surface area contributed by atoms with Crippen molar-refractivity contribution >= 4 is 12.3 Å². The van der Waals surface area contributed by atoms with Crippen molar-refractivity contribution in [3.05, 3.63) is 0 Å². The van der Waals surface area contributed by atoms with Gasteiger partial charge in [0.15, 0.2) is 0 Å². The summed E-state index contributed by atoms with van der Waals surface area (Å²) in [6, 6.07) is 0. The molecule has 0 aliphatic rings. The lowest BCUT2D eigenvalue weighted by atomic mass is 11.3. The Balaban J connectivity index is -0.0000000600. The smallest absolute Gasteiger partial charge is 0.449 e. The summed E-state index contributed by atoms with van der Waals surface area (Å²) < 4.78 is 3.08. The van der Waals surface area contributed by atoms with Gasteiger partial charge < -0.3 is 32.7 Å². The van der Waals surface area contributed by atoms with E-state index < -0.39 is 12.3 Å². The molecule has 10 N–H and O–H groups in total. The van der Waals surface area contributed by atoms with Gasteiger partial charge in [-0.25, -0.2) is 9.59 Å². The van der Waals surface area contributed by atoms with Crippen LogP contribution < -0.4 is 12.3 Å². The Kier molecular flexibility index (Phi) is 24.8. The van der Waals surface area contributed by atoms with Gasteiger partial charge in [0.1, 0.15) is 0 Å². The summed E-state index contributed by atoms with van der Waals surface area (Å²) >= 11 is 0. The van der Waals surface area contributed by atoms with E-state index >= 15 is 0 Å². The predicted molar refractivity (Wildman–Crippen MR) is 30.8 cm³/mol. The van der Waals surface area contributed by atoms with Crippen molar-refractivity contribution in [2.24, 2.45) is 0 Å². The lowest BCUT2D eigenvalue weighted by molar-refractivity contribution is 0.0802. The van der Waals surface area contributed by atoms with Gasteiger partial charge in [0, 0.05) is 0 Å². The summed E-state index contributed by atoms with van der Waals surface area (Å²) in [4.78, 5) is 18.4. The van der Waals surface area contributed by atoms with Crippen LogP contribution in [0.3, 0.4) is 0 Å². The second-order valence-electron chi connectivity index (χ2n) is 0.634. The minimum atomic E-state index is -1.81. The average Bonchev–Trinajstić information content (AvgIpc) is 1.27. The third kappa shape index (κ3) is 30.5. The second-order valence-corrected chi connectivity index (χ2v) is 0.634. The van der Waals surface area contributed by atoms with Gasteiger partial charge in [-0.3, -0.25) is 0 Å².